The fourth-order valence-electron chi connectivity index (χ4n) is 2.20. The number of carbonyl (C=O) groups is 2. The van der Waals surface area contributed by atoms with Gasteiger partial charge in [0.1, 0.15) is 6.61 Å². The number of amides is 1. The van der Waals surface area contributed by atoms with Crippen molar-refractivity contribution in [2.24, 2.45) is 0 Å². The minimum absolute atomic E-state index is 0.0408. The molecule has 0 saturated carbocycles. The van der Waals surface area contributed by atoms with Crippen molar-refractivity contribution in [2.45, 2.75) is 18.9 Å². The standard InChI is InChI=1S/C13H19N3O5S/c1-20-5-6-21-13(19)14-9-3-2-4-16(7-9)12-15-10(8-22-12)11(17)18/h8-9H,2-7H2,1H3,(H,14,19)(H,17,18)/t9-/m0/s1. The number of nitrogens with zero attached hydrogens (tertiary/aromatic N) is 2. The van der Waals surface area contributed by atoms with E-state index in [2.05, 4.69) is 10.3 Å². The minimum Gasteiger partial charge on any atom is -0.476 e. The average molecular weight is 329 g/mol. The summed E-state index contributed by atoms with van der Waals surface area (Å²) in [5, 5.41) is 13.9. The minimum atomic E-state index is -1.03. The Balaban J connectivity index is 1.85. The van der Waals surface area contributed by atoms with Gasteiger partial charge in [0.05, 0.1) is 6.61 Å². The van der Waals surface area contributed by atoms with E-state index in [9.17, 15) is 9.59 Å². The van der Waals surface area contributed by atoms with Crippen LogP contribution in [-0.4, -0.2) is 61.6 Å². The predicted molar refractivity (Wildman–Crippen MR) is 80.7 cm³/mol. The highest BCUT2D eigenvalue weighted by Crippen LogP contribution is 2.24. The first-order valence-electron chi connectivity index (χ1n) is 6.96. The summed E-state index contributed by atoms with van der Waals surface area (Å²) in [4.78, 5) is 28.6. The number of methoxy groups -OCH3 is 1. The highest BCUT2D eigenvalue weighted by atomic mass is 32.1. The van der Waals surface area contributed by atoms with Gasteiger partial charge in [-0.2, -0.15) is 0 Å². The van der Waals surface area contributed by atoms with Crippen LogP contribution in [0.2, 0.25) is 0 Å². The summed E-state index contributed by atoms with van der Waals surface area (Å²) in [6, 6.07) is -0.0408. The van der Waals surface area contributed by atoms with Gasteiger partial charge >= 0.3 is 12.1 Å². The molecule has 1 saturated heterocycles. The maximum absolute atomic E-state index is 11.6. The number of aromatic nitrogens is 1. The number of nitrogens with one attached hydrogen (secondary N) is 1. The number of carbonyl (C=O) groups excluding carboxylic acids is 1. The van der Waals surface area contributed by atoms with E-state index < -0.39 is 12.1 Å². The summed E-state index contributed by atoms with van der Waals surface area (Å²) < 4.78 is 9.79. The van der Waals surface area contributed by atoms with Crippen LogP contribution in [0.1, 0.15) is 23.3 Å². The van der Waals surface area contributed by atoms with Crippen LogP contribution in [0, 0.1) is 0 Å². The number of aromatic carboxylic acids is 1. The second kappa shape index (κ2) is 7.95. The summed E-state index contributed by atoms with van der Waals surface area (Å²) in [6.07, 6.45) is 1.28. The van der Waals surface area contributed by atoms with Crippen molar-refractivity contribution in [3.05, 3.63) is 11.1 Å². The molecule has 0 bridgehead atoms. The fraction of sp³-hybridized carbons (Fsp3) is 0.615. The zero-order valence-corrected chi connectivity index (χ0v) is 13.1. The molecular formula is C13H19N3O5S. The summed E-state index contributed by atoms with van der Waals surface area (Å²) in [5.41, 5.74) is 0.0501. The van der Waals surface area contributed by atoms with Gasteiger partial charge < -0.3 is 24.8 Å². The van der Waals surface area contributed by atoms with E-state index in [1.54, 1.807) is 7.11 Å². The van der Waals surface area contributed by atoms with Crippen molar-refractivity contribution < 1.29 is 24.2 Å². The number of anilines is 1. The van der Waals surface area contributed by atoms with Crippen molar-refractivity contribution in [3.8, 4) is 0 Å². The van der Waals surface area contributed by atoms with Gasteiger partial charge in [-0.1, -0.05) is 0 Å². The lowest BCUT2D eigenvalue weighted by atomic mass is 10.1. The fourth-order valence-corrected chi connectivity index (χ4v) is 3.04. The van der Waals surface area contributed by atoms with Gasteiger partial charge in [0.15, 0.2) is 10.8 Å². The number of alkyl carbamates (subject to hydrolysis) is 1. The molecule has 2 N–H and O–H groups in total. The topological polar surface area (TPSA) is 101 Å². The van der Waals surface area contributed by atoms with E-state index in [0.717, 1.165) is 19.4 Å². The summed E-state index contributed by atoms with van der Waals surface area (Å²) in [5.74, 6) is -1.03. The molecule has 22 heavy (non-hydrogen) atoms. The lowest BCUT2D eigenvalue weighted by molar-refractivity contribution is 0.0691. The molecule has 0 aromatic carbocycles. The number of hydrogen-bond acceptors (Lipinski definition) is 7. The average Bonchev–Trinajstić information content (AvgIpc) is 2.98. The molecule has 1 fully saturated rings. The number of rotatable bonds is 6. The van der Waals surface area contributed by atoms with Crippen LogP contribution >= 0.6 is 11.3 Å². The zero-order chi connectivity index (χ0) is 15.9. The third-order valence-corrected chi connectivity index (χ3v) is 4.15. The van der Waals surface area contributed by atoms with Gasteiger partial charge in [-0.15, -0.1) is 11.3 Å². The molecule has 0 aliphatic carbocycles. The highest BCUT2D eigenvalue weighted by Gasteiger charge is 2.24. The lowest BCUT2D eigenvalue weighted by Crippen LogP contribution is -2.48. The van der Waals surface area contributed by atoms with Gasteiger partial charge in [0, 0.05) is 31.6 Å². The van der Waals surface area contributed by atoms with Crippen LogP contribution in [0.5, 0.6) is 0 Å². The Morgan fingerprint density at radius 2 is 2.36 bits per heavy atom. The number of carboxylic acid groups (broad SMARTS) is 1. The molecule has 9 heteroatoms. The van der Waals surface area contributed by atoms with Crippen LogP contribution in [0.3, 0.4) is 0 Å². The van der Waals surface area contributed by atoms with E-state index in [4.69, 9.17) is 14.6 Å². The van der Waals surface area contributed by atoms with E-state index in [1.807, 2.05) is 4.90 Å². The Morgan fingerprint density at radius 3 is 3.05 bits per heavy atom. The van der Waals surface area contributed by atoms with Gasteiger partial charge in [-0.3, -0.25) is 0 Å². The molecule has 0 unspecified atom stereocenters. The Morgan fingerprint density at radius 1 is 1.55 bits per heavy atom. The maximum Gasteiger partial charge on any atom is 0.407 e. The van der Waals surface area contributed by atoms with E-state index in [-0.39, 0.29) is 18.3 Å². The first kappa shape index (κ1) is 16.5. The third-order valence-electron chi connectivity index (χ3n) is 3.25. The second-order valence-corrected chi connectivity index (χ2v) is 5.72. The highest BCUT2D eigenvalue weighted by molar-refractivity contribution is 7.13. The van der Waals surface area contributed by atoms with Crippen LogP contribution in [-0.2, 0) is 9.47 Å². The Bertz CT molecular complexity index is 522. The van der Waals surface area contributed by atoms with E-state index in [0.29, 0.717) is 18.3 Å². The lowest BCUT2D eigenvalue weighted by Gasteiger charge is -2.32. The van der Waals surface area contributed by atoms with Crippen molar-refractivity contribution in [2.75, 3.05) is 38.3 Å². The molecule has 1 aromatic rings. The van der Waals surface area contributed by atoms with Crippen molar-refractivity contribution in [3.63, 3.8) is 0 Å². The molecule has 8 nitrogen and oxygen atoms in total. The Hall–Kier alpha value is -1.87. The molecule has 1 amide bonds. The van der Waals surface area contributed by atoms with Crippen molar-refractivity contribution >= 4 is 28.5 Å². The number of ether oxygens (including phenoxy) is 2. The normalized spacial score (nSPS) is 18.0. The number of carboxylic acids is 1. The molecule has 0 radical (unpaired) electrons. The number of thiazole rings is 1. The molecule has 1 aromatic heterocycles. The van der Waals surface area contributed by atoms with Crippen LogP contribution in [0.25, 0.3) is 0 Å². The second-order valence-electron chi connectivity index (χ2n) is 4.88. The molecule has 0 spiro atoms. The largest absolute Gasteiger partial charge is 0.476 e. The van der Waals surface area contributed by atoms with E-state index in [1.165, 1.54) is 16.7 Å². The summed E-state index contributed by atoms with van der Waals surface area (Å²) in [7, 11) is 1.54. The molecule has 2 heterocycles. The van der Waals surface area contributed by atoms with Gasteiger partial charge in [0.2, 0.25) is 0 Å². The van der Waals surface area contributed by atoms with E-state index >= 15 is 0 Å². The van der Waals surface area contributed by atoms with Crippen molar-refractivity contribution in [1.82, 2.24) is 10.3 Å². The predicted octanol–water partition coefficient (Wildman–Crippen LogP) is 1.18. The number of hydrogen-bond donors (Lipinski definition) is 2. The third kappa shape index (κ3) is 4.57. The number of piperidine rings is 1. The molecular weight excluding hydrogens is 310 g/mol. The van der Waals surface area contributed by atoms with Crippen LogP contribution in [0.4, 0.5) is 9.93 Å². The van der Waals surface area contributed by atoms with Gasteiger partial charge in [-0.25, -0.2) is 14.6 Å². The summed E-state index contributed by atoms with van der Waals surface area (Å²) in [6.45, 7) is 1.96. The van der Waals surface area contributed by atoms with Gasteiger partial charge in [0.25, 0.3) is 0 Å². The van der Waals surface area contributed by atoms with Gasteiger partial charge in [-0.05, 0) is 12.8 Å². The Kier molecular flexibility index (Phi) is 5.96. The first-order valence-corrected chi connectivity index (χ1v) is 7.84. The molecule has 122 valence electrons. The van der Waals surface area contributed by atoms with Crippen LogP contribution in [0.15, 0.2) is 5.38 Å². The molecule has 1 aliphatic heterocycles. The molecule has 1 atom stereocenters. The monoisotopic (exact) mass is 329 g/mol. The zero-order valence-electron chi connectivity index (χ0n) is 12.3. The molecule has 1 aliphatic rings. The van der Waals surface area contributed by atoms with Crippen molar-refractivity contribution in [1.29, 1.82) is 0 Å². The molecule has 2 rings (SSSR count). The quantitative estimate of drug-likeness (QED) is 0.756. The Labute approximate surface area is 132 Å². The smallest absolute Gasteiger partial charge is 0.407 e. The maximum atomic E-state index is 11.6. The first-order chi connectivity index (χ1) is 10.6. The summed E-state index contributed by atoms with van der Waals surface area (Å²) >= 11 is 1.30. The SMILES string of the molecule is COCCOC(=O)N[C@H]1CCCN(c2nc(C(=O)O)cs2)C1. The van der Waals surface area contributed by atoms with Crippen LogP contribution < -0.4 is 10.2 Å².